The third kappa shape index (κ3) is 2.56. The van der Waals surface area contributed by atoms with Crippen molar-refractivity contribution in [2.24, 2.45) is 5.92 Å². The Kier molecular flexibility index (Phi) is 3.38. The summed E-state index contributed by atoms with van der Waals surface area (Å²) >= 11 is 0. The van der Waals surface area contributed by atoms with Gasteiger partial charge in [-0.2, -0.15) is 0 Å². The number of benzene rings is 1. The summed E-state index contributed by atoms with van der Waals surface area (Å²) in [5, 5.41) is 3.63. The number of nitrogens with one attached hydrogen (secondary N) is 1. The maximum atomic E-state index is 4.45. The zero-order chi connectivity index (χ0) is 13.2. The number of hydrogen-bond acceptors (Lipinski definition) is 2. The van der Waals surface area contributed by atoms with Crippen LogP contribution < -0.4 is 5.32 Å². The van der Waals surface area contributed by atoms with Crippen LogP contribution in [0.25, 0.3) is 5.69 Å². The van der Waals surface area contributed by atoms with Crippen molar-refractivity contribution in [3.05, 3.63) is 48.0 Å². The van der Waals surface area contributed by atoms with Gasteiger partial charge in [-0.3, -0.25) is 4.57 Å². The molecule has 0 saturated heterocycles. The molecule has 0 amide bonds. The topological polar surface area (TPSA) is 29.9 Å². The average Bonchev–Trinajstić information content (AvgIpc) is 2.75. The molecule has 3 rings (SSSR count). The quantitative estimate of drug-likeness (QED) is 0.910. The van der Waals surface area contributed by atoms with Crippen LogP contribution in [0.2, 0.25) is 0 Å². The van der Waals surface area contributed by atoms with Gasteiger partial charge in [0.2, 0.25) is 0 Å². The van der Waals surface area contributed by atoms with E-state index in [1.807, 2.05) is 12.3 Å². The number of rotatable bonds is 4. The molecule has 2 aromatic rings. The highest BCUT2D eigenvalue weighted by atomic mass is 15.1. The van der Waals surface area contributed by atoms with Crippen molar-refractivity contribution in [3.8, 4) is 5.69 Å². The lowest BCUT2D eigenvalue weighted by molar-refractivity contribution is 0.239. The molecule has 1 heterocycles. The maximum absolute atomic E-state index is 4.45. The molecule has 1 aliphatic rings. The molecule has 19 heavy (non-hydrogen) atoms. The lowest BCUT2D eigenvalue weighted by Gasteiger charge is -2.33. The fourth-order valence-corrected chi connectivity index (χ4v) is 2.86. The van der Waals surface area contributed by atoms with E-state index in [-0.39, 0.29) is 0 Å². The fraction of sp³-hybridized carbons (Fsp3) is 0.438. The van der Waals surface area contributed by atoms with Crippen LogP contribution >= 0.6 is 0 Å². The van der Waals surface area contributed by atoms with Crippen LogP contribution in [0.15, 0.2) is 36.5 Å². The van der Waals surface area contributed by atoms with Crippen LogP contribution in [0.1, 0.15) is 31.3 Å². The standard InChI is InChI=1S/C16H21N3/c1-12-8-14(9-12)18-11-16-10-17-13(2)19(16)15-6-4-3-5-7-15/h3-7,10,12,14,18H,8-9,11H2,1-2H3. The molecule has 1 aliphatic carbocycles. The number of para-hydroxylation sites is 1. The van der Waals surface area contributed by atoms with Crippen molar-refractivity contribution in [1.29, 1.82) is 0 Å². The smallest absolute Gasteiger partial charge is 0.110 e. The summed E-state index contributed by atoms with van der Waals surface area (Å²) in [7, 11) is 0. The molecule has 1 saturated carbocycles. The highest BCUT2D eigenvalue weighted by molar-refractivity contribution is 5.35. The van der Waals surface area contributed by atoms with E-state index in [1.54, 1.807) is 0 Å². The predicted octanol–water partition coefficient (Wildman–Crippen LogP) is 3.07. The normalized spacial score (nSPS) is 22.2. The van der Waals surface area contributed by atoms with E-state index in [9.17, 15) is 0 Å². The van der Waals surface area contributed by atoms with Crippen LogP contribution in [0.3, 0.4) is 0 Å². The Morgan fingerprint density at radius 2 is 2.00 bits per heavy atom. The van der Waals surface area contributed by atoms with Crippen molar-refractivity contribution < 1.29 is 0 Å². The van der Waals surface area contributed by atoms with Crippen LogP contribution in [-0.4, -0.2) is 15.6 Å². The Hall–Kier alpha value is -1.61. The van der Waals surface area contributed by atoms with Gasteiger partial charge in [-0.15, -0.1) is 0 Å². The van der Waals surface area contributed by atoms with Gasteiger partial charge in [-0.25, -0.2) is 4.98 Å². The molecular formula is C16H21N3. The van der Waals surface area contributed by atoms with Gasteiger partial charge >= 0.3 is 0 Å². The zero-order valence-corrected chi connectivity index (χ0v) is 11.6. The summed E-state index contributed by atoms with van der Waals surface area (Å²) in [5.41, 5.74) is 2.43. The molecule has 1 fully saturated rings. The average molecular weight is 255 g/mol. The summed E-state index contributed by atoms with van der Waals surface area (Å²) < 4.78 is 2.23. The zero-order valence-electron chi connectivity index (χ0n) is 11.6. The Morgan fingerprint density at radius 3 is 2.68 bits per heavy atom. The third-order valence-electron chi connectivity index (χ3n) is 3.97. The minimum Gasteiger partial charge on any atom is -0.308 e. The summed E-state index contributed by atoms with van der Waals surface area (Å²) in [6.45, 7) is 5.27. The molecule has 1 N–H and O–H groups in total. The van der Waals surface area contributed by atoms with Crippen molar-refractivity contribution >= 4 is 0 Å². The number of hydrogen-bond donors (Lipinski definition) is 1. The van der Waals surface area contributed by atoms with Crippen LogP contribution in [0, 0.1) is 12.8 Å². The molecule has 0 bridgehead atoms. The highest BCUT2D eigenvalue weighted by Gasteiger charge is 2.24. The third-order valence-corrected chi connectivity index (χ3v) is 3.97. The minimum absolute atomic E-state index is 0.689. The Balaban J connectivity index is 1.75. The number of nitrogens with zero attached hydrogens (tertiary/aromatic N) is 2. The first kappa shape index (κ1) is 12.4. The van der Waals surface area contributed by atoms with Gasteiger partial charge in [0.15, 0.2) is 0 Å². The summed E-state index contributed by atoms with van der Waals surface area (Å²) in [6, 6.07) is 11.1. The molecule has 0 unspecified atom stereocenters. The Bertz CT molecular complexity index is 538. The van der Waals surface area contributed by atoms with Gasteiger partial charge in [0.05, 0.1) is 11.9 Å². The number of imidazole rings is 1. The second-order valence-electron chi connectivity index (χ2n) is 5.62. The summed E-state index contributed by atoms with van der Waals surface area (Å²) in [5.74, 6) is 1.93. The van der Waals surface area contributed by atoms with E-state index in [2.05, 4.69) is 53.0 Å². The number of aryl methyl sites for hydroxylation is 1. The molecule has 100 valence electrons. The van der Waals surface area contributed by atoms with E-state index < -0.39 is 0 Å². The van der Waals surface area contributed by atoms with Crippen molar-refractivity contribution in [3.63, 3.8) is 0 Å². The van der Waals surface area contributed by atoms with Gasteiger partial charge in [0, 0.05) is 18.3 Å². The molecule has 0 atom stereocenters. The van der Waals surface area contributed by atoms with Crippen LogP contribution in [0.4, 0.5) is 0 Å². The largest absolute Gasteiger partial charge is 0.308 e. The first-order valence-corrected chi connectivity index (χ1v) is 7.06. The molecule has 3 nitrogen and oxygen atoms in total. The molecule has 1 aromatic carbocycles. The van der Waals surface area contributed by atoms with E-state index in [1.165, 1.54) is 24.2 Å². The van der Waals surface area contributed by atoms with Gasteiger partial charge in [0.1, 0.15) is 5.82 Å². The minimum atomic E-state index is 0.689. The van der Waals surface area contributed by atoms with Crippen molar-refractivity contribution in [1.82, 2.24) is 14.9 Å². The van der Waals surface area contributed by atoms with Crippen molar-refractivity contribution in [2.75, 3.05) is 0 Å². The molecule has 0 aliphatic heterocycles. The molecule has 3 heteroatoms. The van der Waals surface area contributed by atoms with E-state index >= 15 is 0 Å². The lowest BCUT2D eigenvalue weighted by atomic mass is 9.82. The Morgan fingerprint density at radius 1 is 1.26 bits per heavy atom. The van der Waals surface area contributed by atoms with E-state index in [0.717, 1.165) is 18.3 Å². The number of aromatic nitrogens is 2. The second-order valence-corrected chi connectivity index (χ2v) is 5.62. The van der Waals surface area contributed by atoms with Crippen LogP contribution in [-0.2, 0) is 6.54 Å². The maximum Gasteiger partial charge on any atom is 0.110 e. The van der Waals surface area contributed by atoms with Gasteiger partial charge < -0.3 is 5.32 Å². The Labute approximate surface area is 114 Å². The SMILES string of the molecule is Cc1ncc(CNC2CC(C)C2)n1-c1ccccc1. The molecular weight excluding hydrogens is 234 g/mol. The first-order valence-electron chi connectivity index (χ1n) is 7.06. The van der Waals surface area contributed by atoms with Gasteiger partial charge in [0.25, 0.3) is 0 Å². The summed E-state index contributed by atoms with van der Waals surface area (Å²) in [4.78, 5) is 4.45. The fourth-order valence-electron chi connectivity index (χ4n) is 2.86. The van der Waals surface area contributed by atoms with Crippen molar-refractivity contribution in [2.45, 2.75) is 39.3 Å². The molecule has 0 radical (unpaired) electrons. The van der Waals surface area contributed by atoms with Gasteiger partial charge in [-0.1, -0.05) is 25.1 Å². The van der Waals surface area contributed by atoms with E-state index in [0.29, 0.717) is 6.04 Å². The lowest BCUT2D eigenvalue weighted by Crippen LogP contribution is -2.39. The summed E-state index contributed by atoms with van der Waals surface area (Å²) in [6.07, 6.45) is 4.59. The predicted molar refractivity (Wildman–Crippen MR) is 77.3 cm³/mol. The molecule has 0 spiro atoms. The van der Waals surface area contributed by atoms with Gasteiger partial charge in [-0.05, 0) is 37.8 Å². The molecule has 1 aromatic heterocycles. The monoisotopic (exact) mass is 255 g/mol. The first-order chi connectivity index (χ1) is 9.24. The van der Waals surface area contributed by atoms with E-state index in [4.69, 9.17) is 0 Å². The second kappa shape index (κ2) is 5.17. The highest BCUT2D eigenvalue weighted by Crippen LogP contribution is 2.26. The van der Waals surface area contributed by atoms with Crippen LogP contribution in [0.5, 0.6) is 0 Å².